The van der Waals surface area contributed by atoms with Crippen LogP contribution in [0.4, 0.5) is 10.5 Å². The molecule has 32 heavy (non-hydrogen) atoms. The van der Waals surface area contributed by atoms with Gasteiger partial charge in [0.25, 0.3) is 0 Å². The van der Waals surface area contributed by atoms with E-state index in [9.17, 15) is 4.79 Å². The summed E-state index contributed by atoms with van der Waals surface area (Å²) in [5, 5.41) is 3.80. The van der Waals surface area contributed by atoms with E-state index >= 15 is 0 Å². The van der Waals surface area contributed by atoms with Crippen LogP contribution in [0, 0.1) is 13.8 Å². The van der Waals surface area contributed by atoms with E-state index in [1.165, 1.54) is 0 Å². The summed E-state index contributed by atoms with van der Waals surface area (Å²) in [4.78, 5) is 15.7. The molecule has 1 aliphatic rings. The summed E-state index contributed by atoms with van der Waals surface area (Å²) < 4.78 is 2.16. The Bertz CT molecular complexity index is 1310. The van der Waals surface area contributed by atoms with Crippen molar-refractivity contribution in [2.24, 2.45) is 0 Å². The second kappa shape index (κ2) is 8.21. The number of fused-ring (bicyclic) bond motifs is 3. The van der Waals surface area contributed by atoms with E-state index in [2.05, 4.69) is 28.1 Å². The van der Waals surface area contributed by atoms with Gasteiger partial charge in [0.05, 0.1) is 17.9 Å². The smallest absolute Gasteiger partial charge is 0.318 e. The lowest BCUT2D eigenvalue weighted by molar-refractivity contribution is 0.194. The normalized spacial score (nSPS) is 15.0. The quantitative estimate of drug-likeness (QED) is 0.361. The van der Waals surface area contributed by atoms with Crippen molar-refractivity contribution in [1.82, 2.24) is 9.47 Å². The third-order valence-corrected chi connectivity index (χ3v) is 6.62. The van der Waals surface area contributed by atoms with Crippen molar-refractivity contribution in [2.45, 2.75) is 26.4 Å². The van der Waals surface area contributed by atoms with E-state index in [1.54, 1.807) is 0 Å². The summed E-state index contributed by atoms with van der Waals surface area (Å²) in [5.74, 6) is 0. The molecule has 5 heteroatoms. The maximum Gasteiger partial charge on any atom is 0.322 e. The molecule has 0 saturated heterocycles. The van der Waals surface area contributed by atoms with Gasteiger partial charge in [0.15, 0.2) is 0 Å². The third-order valence-electron chi connectivity index (χ3n) is 6.27. The number of para-hydroxylation sites is 1. The van der Waals surface area contributed by atoms with Crippen molar-refractivity contribution in [2.75, 3.05) is 5.32 Å². The number of hydrogen-bond acceptors (Lipinski definition) is 1. The lowest BCUT2D eigenvalue weighted by Gasteiger charge is -2.31. The Balaban J connectivity index is 1.66. The second-order valence-electron chi connectivity index (χ2n) is 8.16. The van der Waals surface area contributed by atoms with Gasteiger partial charge in [-0.15, -0.1) is 0 Å². The standard InChI is InChI=1S/C27H24ClN3O/c1-18-9-7-13-23(19(18)2)29-27(32)31-17-20-10-3-6-14-24(20)30-16-8-15-25(30)26(31)21-11-4-5-12-22(21)28/h3-16,26H,17H2,1-2H3,(H,29,32)/t26-/m0/s1. The Hall–Kier alpha value is -3.50. The molecule has 0 saturated carbocycles. The number of urea groups is 1. The highest BCUT2D eigenvalue weighted by Gasteiger charge is 2.34. The summed E-state index contributed by atoms with van der Waals surface area (Å²) in [6.45, 7) is 4.54. The van der Waals surface area contributed by atoms with Crippen LogP contribution >= 0.6 is 11.6 Å². The molecule has 0 fully saturated rings. The molecule has 0 spiro atoms. The molecular formula is C27H24ClN3O. The first kappa shape index (κ1) is 20.4. The van der Waals surface area contributed by atoms with Crippen molar-refractivity contribution in [3.8, 4) is 5.69 Å². The number of hydrogen-bond donors (Lipinski definition) is 1. The SMILES string of the molecule is Cc1cccc(NC(=O)N2Cc3ccccc3-n3cccc3[C@@H]2c2ccccc2Cl)c1C. The van der Waals surface area contributed by atoms with E-state index in [1.807, 2.05) is 85.6 Å². The number of halogens is 1. The van der Waals surface area contributed by atoms with Crippen molar-refractivity contribution in [1.29, 1.82) is 0 Å². The monoisotopic (exact) mass is 441 g/mol. The van der Waals surface area contributed by atoms with Gasteiger partial charge >= 0.3 is 6.03 Å². The van der Waals surface area contributed by atoms with Crippen LogP contribution in [0.15, 0.2) is 85.1 Å². The zero-order valence-corrected chi connectivity index (χ0v) is 18.8. The summed E-state index contributed by atoms with van der Waals surface area (Å²) in [6, 6.07) is 25.5. The van der Waals surface area contributed by atoms with Crippen LogP contribution in [-0.4, -0.2) is 15.5 Å². The molecule has 0 aliphatic carbocycles. The Morgan fingerprint density at radius 1 is 0.938 bits per heavy atom. The van der Waals surface area contributed by atoms with Crippen LogP contribution in [0.3, 0.4) is 0 Å². The molecule has 1 N–H and O–H groups in total. The van der Waals surface area contributed by atoms with Crippen LogP contribution in [0.25, 0.3) is 5.69 Å². The van der Waals surface area contributed by atoms with E-state index in [0.717, 1.165) is 39.3 Å². The fraction of sp³-hybridized carbons (Fsp3) is 0.148. The lowest BCUT2D eigenvalue weighted by atomic mass is 10.0. The molecule has 4 aromatic rings. The van der Waals surface area contributed by atoms with E-state index in [0.29, 0.717) is 11.6 Å². The predicted molar refractivity (Wildman–Crippen MR) is 130 cm³/mol. The Morgan fingerprint density at radius 2 is 1.72 bits per heavy atom. The minimum atomic E-state index is -0.337. The molecule has 0 radical (unpaired) electrons. The Labute approximate surface area is 193 Å². The third kappa shape index (κ3) is 3.47. The van der Waals surface area contributed by atoms with Gasteiger partial charge in [-0.25, -0.2) is 4.79 Å². The van der Waals surface area contributed by atoms with Crippen molar-refractivity contribution in [3.05, 3.63) is 118 Å². The molecule has 0 unspecified atom stereocenters. The highest BCUT2D eigenvalue weighted by molar-refractivity contribution is 6.31. The first-order valence-corrected chi connectivity index (χ1v) is 11.1. The zero-order valence-electron chi connectivity index (χ0n) is 18.0. The lowest BCUT2D eigenvalue weighted by Crippen LogP contribution is -2.38. The molecular weight excluding hydrogens is 418 g/mol. The van der Waals surface area contributed by atoms with Crippen molar-refractivity contribution >= 4 is 23.3 Å². The molecule has 160 valence electrons. The van der Waals surface area contributed by atoms with Crippen LogP contribution in [-0.2, 0) is 6.54 Å². The molecule has 1 atom stereocenters. The van der Waals surface area contributed by atoms with Crippen LogP contribution in [0.2, 0.25) is 5.02 Å². The molecule has 2 heterocycles. The van der Waals surface area contributed by atoms with Gasteiger partial charge in [-0.2, -0.15) is 0 Å². The summed E-state index contributed by atoms with van der Waals surface area (Å²) >= 11 is 6.66. The largest absolute Gasteiger partial charge is 0.322 e. The summed E-state index contributed by atoms with van der Waals surface area (Å²) in [6.07, 6.45) is 2.05. The van der Waals surface area contributed by atoms with Crippen molar-refractivity contribution < 1.29 is 4.79 Å². The molecule has 0 bridgehead atoms. The van der Waals surface area contributed by atoms with Gasteiger partial charge in [-0.1, -0.05) is 60.1 Å². The van der Waals surface area contributed by atoms with Crippen LogP contribution in [0.5, 0.6) is 0 Å². The van der Waals surface area contributed by atoms with Gasteiger partial charge in [0.2, 0.25) is 0 Å². The fourth-order valence-electron chi connectivity index (χ4n) is 4.44. The molecule has 5 rings (SSSR count). The highest BCUT2D eigenvalue weighted by atomic mass is 35.5. The van der Waals surface area contributed by atoms with Gasteiger partial charge in [0.1, 0.15) is 6.04 Å². The number of rotatable bonds is 2. The molecule has 2 amide bonds. The number of amides is 2. The van der Waals surface area contributed by atoms with E-state index < -0.39 is 0 Å². The van der Waals surface area contributed by atoms with Gasteiger partial charge in [0, 0.05) is 16.9 Å². The number of aryl methyl sites for hydroxylation is 1. The molecule has 4 nitrogen and oxygen atoms in total. The average molecular weight is 442 g/mol. The average Bonchev–Trinajstić information content (AvgIpc) is 3.22. The molecule has 3 aromatic carbocycles. The Morgan fingerprint density at radius 3 is 2.56 bits per heavy atom. The molecule has 1 aliphatic heterocycles. The number of nitrogens with one attached hydrogen (secondary N) is 1. The van der Waals surface area contributed by atoms with Crippen LogP contribution < -0.4 is 5.32 Å². The Kier molecular flexibility index (Phi) is 5.24. The maximum absolute atomic E-state index is 13.8. The van der Waals surface area contributed by atoms with E-state index in [-0.39, 0.29) is 12.1 Å². The first-order chi connectivity index (χ1) is 15.5. The number of carbonyl (C=O) groups excluding carboxylic acids is 1. The topological polar surface area (TPSA) is 37.3 Å². The number of anilines is 1. The number of carbonyl (C=O) groups is 1. The van der Waals surface area contributed by atoms with Gasteiger partial charge in [-0.05, 0) is 66.4 Å². The summed E-state index contributed by atoms with van der Waals surface area (Å²) in [5.41, 5.74) is 7.08. The minimum Gasteiger partial charge on any atom is -0.318 e. The number of nitrogens with zero attached hydrogens (tertiary/aromatic N) is 2. The predicted octanol–water partition coefficient (Wildman–Crippen LogP) is 6.88. The number of aromatic nitrogens is 1. The molecule has 1 aromatic heterocycles. The van der Waals surface area contributed by atoms with Crippen molar-refractivity contribution in [3.63, 3.8) is 0 Å². The first-order valence-electron chi connectivity index (χ1n) is 10.7. The van der Waals surface area contributed by atoms with Crippen LogP contribution in [0.1, 0.15) is 34.0 Å². The van der Waals surface area contributed by atoms with Gasteiger partial charge in [-0.3, -0.25) is 0 Å². The number of benzene rings is 3. The highest BCUT2D eigenvalue weighted by Crippen LogP contribution is 2.39. The fourth-order valence-corrected chi connectivity index (χ4v) is 4.68. The van der Waals surface area contributed by atoms with Gasteiger partial charge < -0.3 is 14.8 Å². The summed E-state index contributed by atoms with van der Waals surface area (Å²) in [7, 11) is 0. The zero-order chi connectivity index (χ0) is 22.2. The second-order valence-corrected chi connectivity index (χ2v) is 8.57. The maximum atomic E-state index is 13.8. The van der Waals surface area contributed by atoms with E-state index in [4.69, 9.17) is 11.6 Å². The minimum absolute atomic E-state index is 0.159.